The van der Waals surface area contributed by atoms with Gasteiger partial charge in [0.05, 0.1) is 17.3 Å². The molecule has 3 rings (SSSR count). The second-order valence-electron chi connectivity index (χ2n) is 7.87. The summed E-state index contributed by atoms with van der Waals surface area (Å²) in [5, 5.41) is 21.2. The first-order valence-electron chi connectivity index (χ1n) is 9.21. The molecule has 5 nitrogen and oxygen atoms in total. The predicted octanol–water partition coefficient (Wildman–Crippen LogP) is 2.97. The summed E-state index contributed by atoms with van der Waals surface area (Å²) in [5.41, 5.74) is 3.38. The van der Waals surface area contributed by atoms with E-state index >= 15 is 0 Å². The maximum absolute atomic E-state index is 11.7. The lowest BCUT2D eigenvalue weighted by Gasteiger charge is -2.31. The van der Waals surface area contributed by atoms with Gasteiger partial charge in [-0.25, -0.2) is 4.79 Å². The zero-order valence-electron chi connectivity index (χ0n) is 16.1. The van der Waals surface area contributed by atoms with Crippen molar-refractivity contribution in [3.05, 3.63) is 70.3 Å². The number of benzene rings is 2. The normalized spacial score (nSPS) is 15.0. The summed E-state index contributed by atoms with van der Waals surface area (Å²) in [4.78, 5) is 13.8. The van der Waals surface area contributed by atoms with Crippen molar-refractivity contribution in [2.45, 2.75) is 45.6 Å². The van der Waals surface area contributed by atoms with Crippen LogP contribution in [0.2, 0.25) is 0 Å². The molecule has 0 fully saturated rings. The quantitative estimate of drug-likeness (QED) is 0.735. The Morgan fingerprint density at radius 2 is 1.89 bits per heavy atom. The van der Waals surface area contributed by atoms with Crippen LogP contribution in [0.4, 0.5) is 0 Å². The third kappa shape index (κ3) is 4.75. The highest BCUT2D eigenvalue weighted by molar-refractivity contribution is 5.93. The number of hydrogen-bond donors (Lipinski definition) is 2. The van der Waals surface area contributed by atoms with E-state index in [4.69, 9.17) is 4.74 Å². The minimum absolute atomic E-state index is 0.262. The van der Waals surface area contributed by atoms with E-state index in [0.29, 0.717) is 25.2 Å². The van der Waals surface area contributed by atoms with E-state index in [-0.39, 0.29) is 12.6 Å². The molecule has 0 aromatic heterocycles. The van der Waals surface area contributed by atoms with Gasteiger partial charge in [-0.05, 0) is 43.5 Å². The van der Waals surface area contributed by atoms with Crippen molar-refractivity contribution in [2.75, 3.05) is 13.1 Å². The van der Waals surface area contributed by atoms with Crippen LogP contribution in [0.15, 0.2) is 42.5 Å². The molecular formula is C22H27NO4. The number of hydrogen-bond acceptors (Lipinski definition) is 5. The van der Waals surface area contributed by atoms with Gasteiger partial charge in [0, 0.05) is 25.2 Å². The second-order valence-corrected chi connectivity index (χ2v) is 7.87. The summed E-state index contributed by atoms with van der Waals surface area (Å²) >= 11 is 0. The SMILES string of the molecule is Cc1c([C@@H](O)CN(Cc2ccccc2)CC(C)(C)O)ccc2c1COC2=O. The van der Waals surface area contributed by atoms with Gasteiger partial charge in [0.2, 0.25) is 0 Å². The number of aliphatic hydroxyl groups excluding tert-OH is 1. The summed E-state index contributed by atoms with van der Waals surface area (Å²) in [6, 6.07) is 13.5. The van der Waals surface area contributed by atoms with E-state index in [1.165, 1.54) is 0 Å². The first-order valence-corrected chi connectivity index (χ1v) is 9.21. The summed E-state index contributed by atoms with van der Waals surface area (Å²) < 4.78 is 5.10. The molecule has 0 saturated carbocycles. The molecule has 2 aromatic carbocycles. The summed E-state index contributed by atoms with van der Waals surface area (Å²) in [6.07, 6.45) is -0.725. The standard InChI is InChI=1S/C22H27NO4/c1-15-17(9-10-18-19(15)13-27-21(18)25)20(24)12-23(14-22(2,3)26)11-16-7-5-4-6-8-16/h4-10,20,24,26H,11-14H2,1-3H3/t20-/m0/s1. The topological polar surface area (TPSA) is 70.0 Å². The van der Waals surface area contributed by atoms with Crippen LogP contribution < -0.4 is 0 Å². The van der Waals surface area contributed by atoms with Gasteiger partial charge in [-0.15, -0.1) is 0 Å². The Morgan fingerprint density at radius 3 is 2.56 bits per heavy atom. The second kappa shape index (κ2) is 7.80. The van der Waals surface area contributed by atoms with Crippen LogP contribution in [0.3, 0.4) is 0 Å². The van der Waals surface area contributed by atoms with E-state index < -0.39 is 11.7 Å². The summed E-state index contributed by atoms with van der Waals surface area (Å²) in [7, 11) is 0. The van der Waals surface area contributed by atoms with Crippen LogP contribution >= 0.6 is 0 Å². The molecular weight excluding hydrogens is 342 g/mol. The van der Waals surface area contributed by atoms with Crippen LogP contribution in [0.5, 0.6) is 0 Å². The van der Waals surface area contributed by atoms with E-state index in [1.807, 2.05) is 42.2 Å². The molecule has 2 aromatic rings. The van der Waals surface area contributed by atoms with Crippen LogP contribution in [0, 0.1) is 6.92 Å². The molecule has 2 N–H and O–H groups in total. The molecule has 0 amide bonds. The largest absolute Gasteiger partial charge is 0.457 e. The molecule has 0 bridgehead atoms. The summed E-state index contributed by atoms with van der Waals surface area (Å²) in [5.74, 6) is -0.304. The number of aliphatic hydroxyl groups is 2. The molecule has 0 aliphatic carbocycles. The average Bonchev–Trinajstić information content (AvgIpc) is 2.96. The molecule has 1 heterocycles. The van der Waals surface area contributed by atoms with Crippen molar-refractivity contribution in [1.29, 1.82) is 0 Å². The smallest absolute Gasteiger partial charge is 0.338 e. The van der Waals surface area contributed by atoms with Crippen molar-refractivity contribution < 1.29 is 19.7 Å². The van der Waals surface area contributed by atoms with Gasteiger partial charge >= 0.3 is 5.97 Å². The lowest BCUT2D eigenvalue weighted by atomic mass is 9.95. The number of carbonyl (C=O) groups excluding carboxylic acids is 1. The number of rotatable bonds is 7. The molecule has 1 aliphatic rings. The van der Waals surface area contributed by atoms with Gasteiger partial charge < -0.3 is 14.9 Å². The predicted molar refractivity (Wildman–Crippen MR) is 103 cm³/mol. The molecule has 27 heavy (non-hydrogen) atoms. The number of nitrogens with zero attached hydrogens (tertiary/aromatic N) is 1. The molecule has 0 unspecified atom stereocenters. The Labute approximate surface area is 160 Å². The Morgan fingerprint density at radius 1 is 1.19 bits per heavy atom. The summed E-state index contributed by atoms with van der Waals surface area (Å²) in [6.45, 7) is 7.15. The molecule has 1 atom stereocenters. The van der Waals surface area contributed by atoms with Gasteiger partial charge in [0.1, 0.15) is 6.61 Å². The molecule has 144 valence electrons. The van der Waals surface area contributed by atoms with Gasteiger partial charge in [-0.2, -0.15) is 0 Å². The van der Waals surface area contributed by atoms with Gasteiger partial charge in [0.15, 0.2) is 0 Å². The lowest BCUT2D eigenvalue weighted by Crippen LogP contribution is -2.40. The van der Waals surface area contributed by atoms with Crippen molar-refractivity contribution >= 4 is 5.97 Å². The third-order valence-electron chi connectivity index (χ3n) is 4.86. The number of fused-ring (bicyclic) bond motifs is 1. The Kier molecular flexibility index (Phi) is 5.65. The highest BCUT2D eigenvalue weighted by atomic mass is 16.5. The van der Waals surface area contributed by atoms with Crippen molar-refractivity contribution in [1.82, 2.24) is 4.90 Å². The van der Waals surface area contributed by atoms with Crippen LogP contribution in [0.1, 0.15) is 52.6 Å². The zero-order valence-corrected chi connectivity index (χ0v) is 16.1. The molecule has 0 spiro atoms. The highest BCUT2D eigenvalue weighted by Gasteiger charge is 2.27. The number of carbonyl (C=O) groups is 1. The van der Waals surface area contributed by atoms with Crippen molar-refractivity contribution in [2.24, 2.45) is 0 Å². The van der Waals surface area contributed by atoms with E-state index in [9.17, 15) is 15.0 Å². The molecule has 0 radical (unpaired) electrons. The first-order chi connectivity index (χ1) is 12.7. The Balaban J connectivity index is 1.80. The Bertz CT molecular complexity index is 811. The van der Waals surface area contributed by atoms with Gasteiger partial charge in [-0.3, -0.25) is 4.90 Å². The minimum atomic E-state index is -0.873. The van der Waals surface area contributed by atoms with Crippen LogP contribution in [-0.2, 0) is 17.9 Å². The zero-order chi connectivity index (χ0) is 19.6. The molecule has 5 heteroatoms. The molecule has 0 saturated heterocycles. The third-order valence-corrected chi connectivity index (χ3v) is 4.86. The first kappa shape index (κ1) is 19.5. The van der Waals surface area contributed by atoms with Gasteiger partial charge in [-0.1, -0.05) is 36.4 Å². The monoisotopic (exact) mass is 369 g/mol. The van der Waals surface area contributed by atoms with Crippen LogP contribution in [-0.4, -0.2) is 39.8 Å². The molecule has 1 aliphatic heterocycles. The fraction of sp³-hybridized carbons (Fsp3) is 0.409. The number of ether oxygens (including phenoxy) is 1. The van der Waals surface area contributed by atoms with E-state index in [2.05, 4.69) is 0 Å². The van der Waals surface area contributed by atoms with Gasteiger partial charge in [0.25, 0.3) is 0 Å². The minimum Gasteiger partial charge on any atom is -0.457 e. The highest BCUT2D eigenvalue weighted by Crippen LogP contribution is 2.29. The van der Waals surface area contributed by atoms with E-state index in [1.54, 1.807) is 26.0 Å². The van der Waals surface area contributed by atoms with Crippen molar-refractivity contribution in [3.8, 4) is 0 Å². The number of cyclic esters (lactones) is 1. The number of esters is 1. The maximum atomic E-state index is 11.7. The van der Waals surface area contributed by atoms with Crippen LogP contribution in [0.25, 0.3) is 0 Å². The Hall–Kier alpha value is -2.21. The fourth-order valence-electron chi connectivity index (χ4n) is 3.65. The fourth-order valence-corrected chi connectivity index (χ4v) is 3.65. The van der Waals surface area contributed by atoms with E-state index in [0.717, 1.165) is 22.3 Å². The lowest BCUT2D eigenvalue weighted by molar-refractivity contribution is 0.0149. The maximum Gasteiger partial charge on any atom is 0.338 e. The average molecular weight is 369 g/mol. The van der Waals surface area contributed by atoms with Crippen molar-refractivity contribution in [3.63, 3.8) is 0 Å².